The molecule has 1 aromatic rings. The van der Waals surface area contributed by atoms with Crippen LogP contribution < -0.4 is 15.1 Å². The molecule has 3 aliphatic heterocycles. The first kappa shape index (κ1) is 18.3. The van der Waals surface area contributed by atoms with Gasteiger partial charge in [-0.3, -0.25) is 4.79 Å². The molecular weight excluding hydrogens is 320 g/mol. The van der Waals surface area contributed by atoms with Crippen LogP contribution in [0, 0.1) is 11.8 Å². The zero-order valence-corrected chi connectivity index (χ0v) is 15.6. The summed E-state index contributed by atoms with van der Waals surface area (Å²) >= 11 is 0. The number of hydrogen-bond donors (Lipinski definition) is 3. The number of fused-ring (bicyclic) bond motifs is 3. The van der Waals surface area contributed by atoms with Gasteiger partial charge in [-0.25, -0.2) is 4.68 Å². The van der Waals surface area contributed by atoms with E-state index in [0.29, 0.717) is 25.1 Å². The van der Waals surface area contributed by atoms with Crippen LogP contribution in [-0.4, -0.2) is 74.4 Å². The van der Waals surface area contributed by atoms with Crippen molar-refractivity contribution in [3.63, 3.8) is 0 Å². The number of nitrogens with one attached hydrogen (secondary N) is 3. The Bertz CT molecular complexity index is 575. The number of hydrogen-bond acceptors (Lipinski definition) is 4. The number of amides is 1. The second-order valence-electron chi connectivity index (χ2n) is 7.80. The number of nitrogens with zero attached hydrogens (tertiary/aromatic N) is 3. The van der Waals surface area contributed by atoms with Gasteiger partial charge in [0, 0.05) is 26.5 Å². The second-order valence-corrected chi connectivity index (χ2v) is 7.80. The SMILES string of the molecule is COCCNC(=O)[C@H]1C[NH+]2CC[C@H]1C[C@@H]2Cn1cc(C[NH+](C)C)nn1. The first-order chi connectivity index (χ1) is 12.1. The van der Waals surface area contributed by atoms with Crippen molar-refractivity contribution in [3.8, 4) is 0 Å². The van der Waals surface area contributed by atoms with Crippen LogP contribution in [0.5, 0.6) is 0 Å². The van der Waals surface area contributed by atoms with Gasteiger partial charge in [-0.1, -0.05) is 5.21 Å². The van der Waals surface area contributed by atoms with E-state index < -0.39 is 0 Å². The van der Waals surface area contributed by atoms with Crippen LogP contribution in [0.15, 0.2) is 6.20 Å². The number of aromatic nitrogens is 3. The van der Waals surface area contributed by atoms with E-state index in [1.54, 1.807) is 12.0 Å². The van der Waals surface area contributed by atoms with Crippen LogP contribution in [0.3, 0.4) is 0 Å². The molecule has 1 amide bonds. The maximum absolute atomic E-state index is 12.4. The van der Waals surface area contributed by atoms with Gasteiger partial charge >= 0.3 is 0 Å². The third kappa shape index (κ3) is 4.56. The topological polar surface area (TPSA) is 77.9 Å². The third-order valence-corrected chi connectivity index (χ3v) is 5.52. The molecular formula is C17H32N6O2+2. The van der Waals surface area contributed by atoms with Crippen LogP contribution in [0.4, 0.5) is 0 Å². The lowest BCUT2D eigenvalue weighted by molar-refractivity contribution is -0.945. The molecule has 3 aliphatic rings. The summed E-state index contributed by atoms with van der Waals surface area (Å²) in [4.78, 5) is 15.3. The van der Waals surface area contributed by atoms with Crippen molar-refractivity contribution in [2.24, 2.45) is 11.8 Å². The summed E-state index contributed by atoms with van der Waals surface area (Å²) in [7, 11) is 5.89. The van der Waals surface area contributed by atoms with Crippen molar-refractivity contribution in [1.29, 1.82) is 0 Å². The Labute approximate surface area is 149 Å². The molecule has 0 spiro atoms. The van der Waals surface area contributed by atoms with Crippen LogP contribution in [-0.2, 0) is 22.6 Å². The molecule has 4 atom stereocenters. The fourth-order valence-electron chi connectivity index (χ4n) is 4.32. The number of carbonyl (C=O) groups excluding carboxylic acids is 1. The number of quaternary nitrogens is 2. The Balaban J connectivity index is 1.53. The largest absolute Gasteiger partial charge is 0.383 e. The molecule has 1 aromatic heterocycles. The van der Waals surface area contributed by atoms with Crippen molar-refractivity contribution in [1.82, 2.24) is 20.3 Å². The molecule has 0 radical (unpaired) electrons. The third-order valence-electron chi connectivity index (χ3n) is 5.52. The lowest BCUT2D eigenvalue weighted by Crippen LogP contribution is -3.20. The Hall–Kier alpha value is -1.51. The van der Waals surface area contributed by atoms with Crippen molar-refractivity contribution >= 4 is 5.91 Å². The van der Waals surface area contributed by atoms with Crippen LogP contribution >= 0.6 is 0 Å². The Morgan fingerprint density at radius 3 is 3.04 bits per heavy atom. The van der Waals surface area contributed by atoms with Crippen molar-refractivity contribution in [2.75, 3.05) is 47.4 Å². The second kappa shape index (κ2) is 8.25. The molecule has 3 N–H and O–H groups in total. The quantitative estimate of drug-likeness (QED) is 0.435. The fraction of sp³-hybridized carbons (Fsp3) is 0.824. The number of methoxy groups -OCH3 is 1. The number of piperidine rings is 3. The zero-order chi connectivity index (χ0) is 17.8. The molecule has 3 saturated heterocycles. The van der Waals surface area contributed by atoms with E-state index >= 15 is 0 Å². The van der Waals surface area contributed by atoms with Gasteiger partial charge in [-0.05, 0) is 5.92 Å². The summed E-state index contributed by atoms with van der Waals surface area (Å²) in [5.41, 5.74) is 1.04. The highest BCUT2D eigenvalue weighted by atomic mass is 16.5. The van der Waals surface area contributed by atoms with Crippen molar-refractivity contribution in [2.45, 2.75) is 32.0 Å². The summed E-state index contributed by atoms with van der Waals surface area (Å²) in [6, 6.07) is 0.544. The van der Waals surface area contributed by atoms with Gasteiger partial charge in [0.25, 0.3) is 0 Å². The average Bonchev–Trinajstić information content (AvgIpc) is 3.01. The van der Waals surface area contributed by atoms with Crippen LogP contribution in [0.25, 0.3) is 0 Å². The van der Waals surface area contributed by atoms with Gasteiger partial charge < -0.3 is 19.9 Å². The summed E-state index contributed by atoms with van der Waals surface area (Å²) in [6.45, 7) is 5.09. The first-order valence-electron chi connectivity index (χ1n) is 9.36. The molecule has 25 heavy (non-hydrogen) atoms. The van der Waals surface area contributed by atoms with E-state index in [-0.39, 0.29) is 11.8 Å². The zero-order valence-electron chi connectivity index (χ0n) is 15.6. The van der Waals surface area contributed by atoms with E-state index in [0.717, 1.165) is 38.2 Å². The molecule has 140 valence electrons. The minimum atomic E-state index is 0.153. The summed E-state index contributed by atoms with van der Waals surface area (Å²) in [5.74, 6) is 0.856. The first-order valence-corrected chi connectivity index (χ1v) is 9.36. The highest BCUT2D eigenvalue weighted by Crippen LogP contribution is 2.27. The maximum Gasteiger partial charge on any atom is 0.229 e. The highest BCUT2D eigenvalue weighted by molar-refractivity contribution is 5.79. The highest BCUT2D eigenvalue weighted by Gasteiger charge is 2.46. The predicted octanol–water partition coefficient (Wildman–Crippen LogP) is -3.02. The molecule has 8 heteroatoms. The number of carbonyl (C=O) groups is 1. The Kier molecular flexibility index (Phi) is 6.03. The van der Waals surface area contributed by atoms with Crippen molar-refractivity contribution < 1.29 is 19.3 Å². The number of ether oxygens (including phenoxy) is 1. The molecule has 3 fully saturated rings. The maximum atomic E-state index is 12.4. The van der Waals surface area contributed by atoms with Crippen molar-refractivity contribution in [3.05, 3.63) is 11.9 Å². The molecule has 0 saturated carbocycles. The van der Waals surface area contributed by atoms with Gasteiger partial charge in [0.1, 0.15) is 18.3 Å². The monoisotopic (exact) mass is 352 g/mol. The lowest BCUT2D eigenvalue weighted by atomic mass is 9.75. The molecule has 0 aliphatic carbocycles. The minimum absolute atomic E-state index is 0.153. The standard InChI is InChI=1S/C17H30N6O2/c1-21(2)9-14-10-23(20-19-14)11-15-8-13-4-6-22(15)12-16(13)17(24)18-5-7-25-3/h10,13,15-16H,4-9,11-12H2,1-3H3,(H,18,24)/p+2/t13-,15+,16-/m0/s1. The Morgan fingerprint density at radius 2 is 2.36 bits per heavy atom. The average molecular weight is 352 g/mol. The predicted molar refractivity (Wildman–Crippen MR) is 92.1 cm³/mol. The van der Waals surface area contributed by atoms with Crippen LogP contribution in [0.1, 0.15) is 18.5 Å². The normalized spacial score (nSPS) is 28.5. The van der Waals surface area contributed by atoms with Gasteiger partial charge in [0.05, 0.1) is 52.5 Å². The molecule has 4 rings (SSSR count). The molecule has 4 heterocycles. The fourth-order valence-corrected chi connectivity index (χ4v) is 4.32. The van der Waals surface area contributed by atoms with Gasteiger partial charge in [-0.2, -0.15) is 0 Å². The minimum Gasteiger partial charge on any atom is -0.383 e. The van der Waals surface area contributed by atoms with E-state index in [2.05, 4.69) is 35.9 Å². The molecule has 1 unspecified atom stereocenters. The van der Waals surface area contributed by atoms with E-state index in [1.165, 1.54) is 11.4 Å². The van der Waals surface area contributed by atoms with Crippen LogP contribution in [0.2, 0.25) is 0 Å². The van der Waals surface area contributed by atoms with Gasteiger partial charge in [-0.15, -0.1) is 5.10 Å². The van der Waals surface area contributed by atoms with E-state index in [1.807, 2.05) is 4.68 Å². The summed E-state index contributed by atoms with van der Waals surface area (Å²) in [5, 5.41) is 11.6. The molecule has 8 nitrogen and oxygen atoms in total. The Morgan fingerprint density at radius 1 is 1.52 bits per heavy atom. The summed E-state index contributed by atoms with van der Waals surface area (Å²) in [6.07, 6.45) is 4.33. The summed E-state index contributed by atoms with van der Waals surface area (Å²) < 4.78 is 7.00. The van der Waals surface area contributed by atoms with E-state index in [4.69, 9.17) is 4.74 Å². The van der Waals surface area contributed by atoms with Gasteiger partial charge in [0.2, 0.25) is 5.91 Å². The lowest BCUT2D eigenvalue weighted by Gasteiger charge is -2.46. The smallest absolute Gasteiger partial charge is 0.229 e. The molecule has 0 aromatic carbocycles. The number of rotatable bonds is 8. The van der Waals surface area contributed by atoms with Gasteiger partial charge in [0.15, 0.2) is 0 Å². The van der Waals surface area contributed by atoms with E-state index in [9.17, 15) is 4.79 Å². The molecule has 2 bridgehead atoms.